The SMILES string of the molecule is Cc1ccc(CN2CCN(C3CC4(CCN(c5ccc(C(=O)NS(=O)(=O)c6cc7c(c([N+](=O)[O-])c6)N[C@H](C6CCOCC6)CO7)c(N6c7cc8cc[nH]c8nc7O[C@H]7COCC[C@@H]76)c5)CC4)C3)[C@H](c3ccccc3OC(C)C)C2)cn1. The van der Waals surface area contributed by atoms with Crippen molar-refractivity contribution in [3.63, 3.8) is 0 Å². The molecule has 81 heavy (non-hydrogen) atoms. The number of rotatable bonds is 13. The first-order chi connectivity index (χ1) is 39.2. The predicted octanol–water partition coefficient (Wildman–Crippen LogP) is 8.68. The third-order valence-electron chi connectivity index (χ3n) is 18.0. The van der Waals surface area contributed by atoms with E-state index in [1.807, 2.05) is 43.6 Å². The van der Waals surface area contributed by atoms with E-state index in [1.165, 1.54) is 17.2 Å². The molecule has 426 valence electrons. The van der Waals surface area contributed by atoms with E-state index in [9.17, 15) is 23.3 Å². The van der Waals surface area contributed by atoms with Gasteiger partial charge in [-0.3, -0.25) is 29.7 Å². The highest BCUT2D eigenvalue weighted by atomic mass is 32.2. The van der Waals surface area contributed by atoms with Gasteiger partial charge >= 0.3 is 0 Å². The summed E-state index contributed by atoms with van der Waals surface area (Å²) in [5.41, 5.74) is 6.05. The standard InChI is InChI=1S/C60H70N10O10S/c1-37(2)79-53-7-5-4-6-45(53)52-34-66(33-39-9-8-38(3)62-32-39)21-22-68(52)43-30-60(31-43)16-19-67(20-17-60)42-10-11-46(49(27-42)69-48-15-25-77-36-55(48)80-59-51(69)26-41-12-18-61-57(41)64-59)58(71)65-81(74,75)44-28-50(70(72)73)56-54(29-44)78-35-47(63-56)40-13-23-76-24-14-40/h4-12,18,26-29,32,37,40,43,47-48,52,55,63H,13-17,19-25,30-31,33-36H2,1-3H3,(H,61,64)(H,65,71)/t47-,48-,52-,55-/m0/s1. The number of hydrogen-bond donors (Lipinski definition) is 3. The van der Waals surface area contributed by atoms with Gasteiger partial charge in [-0.15, -0.1) is 0 Å². The lowest BCUT2D eigenvalue weighted by Gasteiger charge is -2.58. The number of nitro groups is 1. The minimum absolute atomic E-state index is 0.0258. The Labute approximate surface area is 471 Å². The summed E-state index contributed by atoms with van der Waals surface area (Å²) in [4.78, 5) is 48.8. The van der Waals surface area contributed by atoms with Crippen molar-refractivity contribution in [2.75, 3.05) is 80.9 Å². The van der Waals surface area contributed by atoms with Gasteiger partial charge in [0.2, 0.25) is 5.88 Å². The van der Waals surface area contributed by atoms with Gasteiger partial charge in [0.15, 0.2) is 11.4 Å². The summed E-state index contributed by atoms with van der Waals surface area (Å²) in [5.74, 6) is 0.598. The highest BCUT2D eigenvalue weighted by molar-refractivity contribution is 7.90. The molecule has 3 aromatic heterocycles. The largest absolute Gasteiger partial charge is 0.491 e. The van der Waals surface area contributed by atoms with Crippen LogP contribution in [0.15, 0.2) is 96.2 Å². The number of nitro benzene ring substituents is 1. The molecule has 4 saturated heterocycles. The molecular weight excluding hydrogens is 1050 g/mol. The van der Waals surface area contributed by atoms with E-state index >= 15 is 0 Å². The summed E-state index contributed by atoms with van der Waals surface area (Å²) in [7, 11) is -4.71. The average Bonchev–Trinajstić information content (AvgIpc) is 4.04. The van der Waals surface area contributed by atoms with Gasteiger partial charge in [0.25, 0.3) is 21.6 Å². The molecular formula is C60H70N10O10S. The van der Waals surface area contributed by atoms with E-state index in [-0.39, 0.29) is 59.2 Å². The third-order valence-corrected chi connectivity index (χ3v) is 19.3. The number of H-pyrrole nitrogens is 1. The molecule has 6 aliphatic heterocycles. The molecule has 1 aliphatic carbocycles. The van der Waals surface area contributed by atoms with Crippen LogP contribution < -0.4 is 34.0 Å². The topological polar surface area (TPSA) is 219 Å². The van der Waals surface area contributed by atoms with Crippen molar-refractivity contribution in [3.05, 3.63) is 124 Å². The lowest BCUT2D eigenvalue weighted by Crippen LogP contribution is -2.59. The number of para-hydroxylation sites is 1. The fourth-order valence-electron chi connectivity index (χ4n) is 13.7. The number of piperazine rings is 1. The number of piperidine rings is 1. The van der Waals surface area contributed by atoms with Crippen LogP contribution >= 0.6 is 0 Å². The number of aromatic nitrogens is 3. The van der Waals surface area contributed by atoms with Crippen LogP contribution in [-0.4, -0.2) is 140 Å². The van der Waals surface area contributed by atoms with Crippen LogP contribution in [0.1, 0.15) is 92.0 Å². The number of aromatic amines is 1. The van der Waals surface area contributed by atoms with Crippen molar-refractivity contribution < 1.29 is 41.8 Å². The quantitative estimate of drug-likeness (QED) is 0.0727. The van der Waals surface area contributed by atoms with Gasteiger partial charge in [0, 0.05) is 112 Å². The molecule has 20 nitrogen and oxygen atoms in total. The van der Waals surface area contributed by atoms with Gasteiger partial charge in [-0.25, -0.2) is 13.1 Å². The number of ether oxygens (including phenoxy) is 5. The van der Waals surface area contributed by atoms with Crippen LogP contribution in [-0.2, 0) is 26.0 Å². The number of anilines is 4. The van der Waals surface area contributed by atoms with Gasteiger partial charge in [-0.05, 0) is 125 Å². The minimum atomic E-state index is -4.71. The van der Waals surface area contributed by atoms with Crippen molar-refractivity contribution in [2.24, 2.45) is 11.3 Å². The van der Waals surface area contributed by atoms with Crippen molar-refractivity contribution in [2.45, 2.75) is 114 Å². The first-order valence-corrected chi connectivity index (χ1v) is 30.2. The first-order valence-electron chi connectivity index (χ1n) is 28.7. The monoisotopic (exact) mass is 1120 g/mol. The van der Waals surface area contributed by atoms with Crippen LogP contribution in [0, 0.1) is 28.4 Å². The Morgan fingerprint density at radius 3 is 2.54 bits per heavy atom. The van der Waals surface area contributed by atoms with Crippen LogP contribution in [0.3, 0.4) is 0 Å². The Morgan fingerprint density at radius 2 is 1.75 bits per heavy atom. The molecule has 21 heteroatoms. The number of sulfonamides is 1. The number of fused-ring (bicyclic) bond motifs is 4. The van der Waals surface area contributed by atoms with E-state index in [0.717, 1.165) is 106 Å². The molecule has 0 bridgehead atoms. The van der Waals surface area contributed by atoms with Crippen LogP contribution in [0.5, 0.6) is 17.4 Å². The van der Waals surface area contributed by atoms with Gasteiger partial charge in [-0.2, -0.15) is 4.98 Å². The Hall–Kier alpha value is -7.04. The van der Waals surface area contributed by atoms with Crippen molar-refractivity contribution in [1.29, 1.82) is 0 Å². The fourth-order valence-corrected chi connectivity index (χ4v) is 14.7. The van der Waals surface area contributed by atoms with Crippen LogP contribution in [0.25, 0.3) is 11.0 Å². The molecule has 6 aromatic rings. The maximum absolute atomic E-state index is 14.9. The van der Waals surface area contributed by atoms with E-state index in [4.69, 9.17) is 28.7 Å². The number of aryl methyl sites for hydroxylation is 1. The number of carbonyl (C=O) groups excluding carboxylic acids is 1. The molecule has 13 rings (SSSR count). The summed E-state index contributed by atoms with van der Waals surface area (Å²) in [6.07, 6.45) is 9.71. The Balaban J connectivity index is 0.775. The van der Waals surface area contributed by atoms with Crippen molar-refractivity contribution in [1.82, 2.24) is 29.5 Å². The second-order valence-electron chi connectivity index (χ2n) is 23.5. The summed E-state index contributed by atoms with van der Waals surface area (Å²) in [6, 6.07) is 24.6. The summed E-state index contributed by atoms with van der Waals surface area (Å²) < 4.78 is 61.8. The van der Waals surface area contributed by atoms with Crippen molar-refractivity contribution in [3.8, 4) is 17.4 Å². The molecule has 1 saturated carbocycles. The number of nitrogens with zero attached hydrogens (tertiary/aromatic N) is 7. The first kappa shape index (κ1) is 53.3. The second-order valence-corrected chi connectivity index (χ2v) is 25.1. The molecule has 0 unspecified atom stereocenters. The molecule has 0 radical (unpaired) electrons. The smallest absolute Gasteiger partial charge is 0.297 e. The van der Waals surface area contributed by atoms with E-state index in [1.54, 1.807) is 6.07 Å². The maximum Gasteiger partial charge on any atom is 0.297 e. The zero-order valence-electron chi connectivity index (χ0n) is 46.1. The maximum atomic E-state index is 14.9. The summed E-state index contributed by atoms with van der Waals surface area (Å²) in [5, 5.41) is 16.7. The molecule has 1 spiro atoms. The zero-order valence-corrected chi connectivity index (χ0v) is 46.9. The Morgan fingerprint density at radius 1 is 0.938 bits per heavy atom. The lowest BCUT2D eigenvalue weighted by molar-refractivity contribution is -0.384. The molecule has 9 heterocycles. The van der Waals surface area contributed by atoms with E-state index < -0.39 is 37.5 Å². The van der Waals surface area contributed by atoms with Gasteiger partial charge in [-0.1, -0.05) is 24.3 Å². The van der Waals surface area contributed by atoms with Crippen LogP contribution in [0.2, 0.25) is 0 Å². The zero-order chi connectivity index (χ0) is 55.6. The van der Waals surface area contributed by atoms with Gasteiger partial charge in [0.1, 0.15) is 29.8 Å². The third kappa shape index (κ3) is 10.5. The predicted molar refractivity (Wildman–Crippen MR) is 305 cm³/mol. The molecule has 5 fully saturated rings. The van der Waals surface area contributed by atoms with E-state index in [2.05, 4.69) is 89.9 Å². The molecule has 3 aromatic carbocycles. The van der Waals surface area contributed by atoms with Crippen LogP contribution in [0.4, 0.5) is 28.4 Å². The highest BCUT2D eigenvalue weighted by Gasteiger charge is 2.51. The molecule has 1 amide bonds. The fraction of sp³-hybridized carbons (Fsp3) is 0.483. The highest BCUT2D eigenvalue weighted by Crippen LogP contribution is 2.54. The van der Waals surface area contributed by atoms with Gasteiger partial charge < -0.3 is 43.8 Å². The lowest BCUT2D eigenvalue weighted by atomic mass is 9.59. The number of carbonyl (C=O) groups is 1. The normalized spacial score (nSPS) is 23.4. The Kier molecular flexibility index (Phi) is 14.3. The number of pyridine rings is 2. The Bertz CT molecular complexity index is 3450. The average molecular weight is 1120 g/mol. The molecule has 7 aliphatic rings. The molecule has 4 atom stereocenters. The minimum Gasteiger partial charge on any atom is -0.491 e. The summed E-state index contributed by atoms with van der Waals surface area (Å²) >= 11 is 0. The number of amides is 1. The number of benzene rings is 3. The van der Waals surface area contributed by atoms with E-state index in [0.29, 0.717) is 61.8 Å². The number of nitrogens with one attached hydrogen (secondary N) is 3. The molecule has 3 N–H and O–H groups in total. The van der Waals surface area contributed by atoms with Gasteiger partial charge in [0.05, 0.1) is 51.9 Å². The number of hydrogen-bond acceptors (Lipinski definition) is 17. The second kappa shape index (κ2) is 21.7. The van der Waals surface area contributed by atoms with Crippen molar-refractivity contribution >= 4 is 55.4 Å². The summed E-state index contributed by atoms with van der Waals surface area (Å²) in [6.45, 7) is 13.5.